The average molecular weight is 236 g/mol. The van der Waals surface area contributed by atoms with Crippen LogP contribution in [0.3, 0.4) is 0 Å². The van der Waals surface area contributed by atoms with E-state index in [2.05, 4.69) is 25.3 Å². The minimum absolute atomic E-state index is 0.177. The molecule has 0 aliphatic carbocycles. The Balaban J connectivity index is 3.27. The van der Waals surface area contributed by atoms with E-state index in [0.29, 0.717) is 12.8 Å². The molecule has 2 nitrogen and oxygen atoms in total. The van der Waals surface area contributed by atoms with Gasteiger partial charge in [0.2, 0.25) is 0 Å². The second-order valence-electron chi connectivity index (χ2n) is 4.18. The SMILES string of the molecule is C=CCC(c1ccccc1)C(C#N)(C#N)CC=C. The van der Waals surface area contributed by atoms with Crippen LogP contribution < -0.4 is 0 Å². The third-order valence-electron chi connectivity index (χ3n) is 3.06. The Morgan fingerprint density at radius 3 is 2.17 bits per heavy atom. The molecule has 1 rings (SSSR count). The lowest BCUT2D eigenvalue weighted by molar-refractivity contribution is 0.415. The van der Waals surface area contributed by atoms with Crippen LogP contribution in [0.1, 0.15) is 24.3 Å². The first kappa shape index (κ1) is 13.7. The van der Waals surface area contributed by atoms with Gasteiger partial charge in [0.15, 0.2) is 5.41 Å². The molecule has 0 aliphatic rings. The van der Waals surface area contributed by atoms with Crippen LogP contribution in [0.4, 0.5) is 0 Å². The largest absolute Gasteiger partial charge is 0.197 e. The molecule has 0 heterocycles. The van der Waals surface area contributed by atoms with Crippen molar-refractivity contribution >= 4 is 0 Å². The van der Waals surface area contributed by atoms with Crippen molar-refractivity contribution in [3.8, 4) is 12.1 Å². The Labute approximate surface area is 108 Å². The Kier molecular flexibility index (Phi) is 4.90. The standard InChI is InChI=1S/C16H16N2/c1-3-8-15(14-9-6-5-7-10-14)16(12-17,13-18)11-4-2/h3-7,9-10,15H,1-2,8,11H2. The molecule has 18 heavy (non-hydrogen) atoms. The minimum Gasteiger partial charge on any atom is -0.197 e. The average Bonchev–Trinajstić information content (AvgIpc) is 2.44. The summed E-state index contributed by atoms with van der Waals surface area (Å²) in [6, 6.07) is 14.0. The molecule has 2 heteroatoms. The predicted molar refractivity (Wildman–Crippen MR) is 72.5 cm³/mol. The van der Waals surface area contributed by atoms with Crippen molar-refractivity contribution in [1.29, 1.82) is 10.5 Å². The molecule has 0 bridgehead atoms. The fourth-order valence-corrected chi connectivity index (χ4v) is 2.12. The van der Waals surface area contributed by atoms with Crippen molar-refractivity contribution in [2.24, 2.45) is 5.41 Å². The quantitative estimate of drug-likeness (QED) is 0.702. The van der Waals surface area contributed by atoms with Crippen molar-refractivity contribution in [2.75, 3.05) is 0 Å². The number of benzene rings is 1. The van der Waals surface area contributed by atoms with E-state index >= 15 is 0 Å². The monoisotopic (exact) mass is 236 g/mol. The van der Waals surface area contributed by atoms with Gasteiger partial charge in [-0.2, -0.15) is 10.5 Å². The van der Waals surface area contributed by atoms with Gasteiger partial charge < -0.3 is 0 Å². The maximum absolute atomic E-state index is 9.41. The first-order chi connectivity index (χ1) is 8.74. The van der Waals surface area contributed by atoms with Gasteiger partial charge in [-0.1, -0.05) is 42.5 Å². The van der Waals surface area contributed by atoms with Gasteiger partial charge in [-0.3, -0.25) is 0 Å². The maximum atomic E-state index is 9.41. The number of rotatable bonds is 6. The van der Waals surface area contributed by atoms with Crippen LogP contribution in [0.2, 0.25) is 0 Å². The molecule has 0 saturated heterocycles. The minimum atomic E-state index is -1.07. The Bertz CT molecular complexity index is 474. The maximum Gasteiger partial charge on any atom is 0.154 e. The van der Waals surface area contributed by atoms with Gasteiger partial charge >= 0.3 is 0 Å². The van der Waals surface area contributed by atoms with Crippen LogP contribution in [0.15, 0.2) is 55.6 Å². The molecular weight excluding hydrogens is 220 g/mol. The van der Waals surface area contributed by atoms with Crippen LogP contribution in [-0.4, -0.2) is 0 Å². The Morgan fingerprint density at radius 1 is 1.11 bits per heavy atom. The number of nitriles is 2. The molecule has 0 aromatic heterocycles. The van der Waals surface area contributed by atoms with E-state index in [1.54, 1.807) is 12.2 Å². The summed E-state index contributed by atoms with van der Waals surface area (Å²) in [5.74, 6) is -0.177. The molecule has 1 atom stereocenters. The van der Waals surface area contributed by atoms with Crippen molar-refractivity contribution in [1.82, 2.24) is 0 Å². The van der Waals surface area contributed by atoms with Crippen LogP contribution in [0.25, 0.3) is 0 Å². The summed E-state index contributed by atoms with van der Waals surface area (Å²) in [5, 5.41) is 18.8. The highest BCUT2D eigenvalue weighted by Crippen LogP contribution is 2.41. The lowest BCUT2D eigenvalue weighted by Crippen LogP contribution is -2.25. The Morgan fingerprint density at radius 2 is 1.72 bits per heavy atom. The number of hydrogen-bond acceptors (Lipinski definition) is 2. The van der Waals surface area contributed by atoms with Crippen LogP contribution in [0, 0.1) is 28.1 Å². The van der Waals surface area contributed by atoms with Crippen molar-refractivity contribution in [3.63, 3.8) is 0 Å². The lowest BCUT2D eigenvalue weighted by Gasteiger charge is -2.27. The highest BCUT2D eigenvalue weighted by molar-refractivity contribution is 5.32. The second-order valence-corrected chi connectivity index (χ2v) is 4.18. The van der Waals surface area contributed by atoms with Crippen LogP contribution in [-0.2, 0) is 0 Å². The van der Waals surface area contributed by atoms with Crippen molar-refractivity contribution < 1.29 is 0 Å². The molecule has 0 saturated carbocycles. The van der Waals surface area contributed by atoms with E-state index in [-0.39, 0.29) is 5.92 Å². The molecule has 0 spiro atoms. The zero-order chi connectivity index (χ0) is 13.4. The van der Waals surface area contributed by atoms with E-state index in [9.17, 15) is 10.5 Å². The second kappa shape index (κ2) is 6.42. The molecule has 1 aromatic rings. The highest BCUT2D eigenvalue weighted by atomic mass is 14.5. The van der Waals surface area contributed by atoms with Crippen molar-refractivity contribution in [3.05, 3.63) is 61.2 Å². The van der Waals surface area contributed by atoms with E-state index in [4.69, 9.17) is 0 Å². The first-order valence-corrected chi connectivity index (χ1v) is 5.83. The molecule has 0 fully saturated rings. The van der Waals surface area contributed by atoms with Crippen LogP contribution >= 0.6 is 0 Å². The van der Waals surface area contributed by atoms with Gasteiger partial charge in [0.25, 0.3) is 0 Å². The molecule has 0 amide bonds. The molecule has 0 aliphatic heterocycles. The number of allylic oxidation sites excluding steroid dienone is 2. The van der Waals surface area contributed by atoms with Crippen molar-refractivity contribution in [2.45, 2.75) is 18.8 Å². The zero-order valence-corrected chi connectivity index (χ0v) is 10.3. The third kappa shape index (κ3) is 2.67. The zero-order valence-electron chi connectivity index (χ0n) is 10.3. The van der Waals surface area contributed by atoms with E-state index in [1.807, 2.05) is 30.3 Å². The summed E-state index contributed by atoms with van der Waals surface area (Å²) < 4.78 is 0. The molecule has 90 valence electrons. The van der Waals surface area contributed by atoms with Gasteiger partial charge in [-0.15, -0.1) is 13.2 Å². The number of nitrogens with zero attached hydrogens (tertiary/aromatic N) is 2. The van der Waals surface area contributed by atoms with Gasteiger partial charge in [-0.05, 0) is 18.4 Å². The third-order valence-corrected chi connectivity index (χ3v) is 3.06. The molecular formula is C16H16N2. The lowest BCUT2D eigenvalue weighted by atomic mass is 9.70. The highest BCUT2D eigenvalue weighted by Gasteiger charge is 2.38. The molecule has 1 unspecified atom stereocenters. The van der Waals surface area contributed by atoms with Gasteiger partial charge in [0, 0.05) is 5.92 Å². The van der Waals surface area contributed by atoms with E-state index in [1.165, 1.54) is 0 Å². The summed E-state index contributed by atoms with van der Waals surface area (Å²) in [4.78, 5) is 0. The molecule has 0 radical (unpaired) electrons. The summed E-state index contributed by atoms with van der Waals surface area (Å²) in [7, 11) is 0. The summed E-state index contributed by atoms with van der Waals surface area (Å²) in [6.07, 6.45) is 4.34. The fourth-order valence-electron chi connectivity index (χ4n) is 2.12. The normalized spacial score (nSPS) is 11.9. The Hall–Kier alpha value is -2.32. The summed E-state index contributed by atoms with van der Waals surface area (Å²) in [6.45, 7) is 7.37. The summed E-state index contributed by atoms with van der Waals surface area (Å²) >= 11 is 0. The first-order valence-electron chi connectivity index (χ1n) is 5.83. The molecule has 1 aromatic carbocycles. The van der Waals surface area contributed by atoms with Gasteiger partial charge in [-0.25, -0.2) is 0 Å². The fraction of sp³-hybridized carbons (Fsp3) is 0.250. The number of hydrogen-bond donors (Lipinski definition) is 0. The topological polar surface area (TPSA) is 47.6 Å². The van der Waals surface area contributed by atoms with E-state index < -0.39 is 5.41 Å². The molecule has 0 N–H and O–H groups in total. The van der Waals surface area contributed by atoms with Gasteiger partial charge in [0.1, 0.15) is 0 Å². The van der Waals surface area contributed by atoms with E-state index in [0.717, 1.165) is 5.56 Å². The van der Waals surface area contributed by atoms with Gasteiger partial charge in [0.05, 0.1) is 12.1 Å². The summed E-state index contributed by atoms with van der Waals surface area (Å²) in [5.41, 5.74) is -0.0838. The smallest absolute Gasteiger partial charge is 0.154 e. The predicted octanol–water partition coefficient (Wildman–Crippen LogP) is 3.96. The van der Waals surface area contributed by atoms with Crippen LogP contribution in [0.5, 0.6) is 0 Å².